The topological polar surface area (TPSA) is 87.5 Å². The van der Waals surface area contributed by atoms with E-state index in [1.807, 2.05) is 13.1 Å². The summed E-state index contributed by atoms with van der Waals surface area (Å²) in [5, 5.41) is 7.13. The molecule has 1 fully saturated rings. The van der Waals surface area contributed by atoms with Crippen molar-refractivity contribution < 1.29 is 14.4 Å². The molecule has 0 saturated carbocycles. The minimum absolute atomic E-state index is 0.0311. The molecule has 3 rings (SSSR count). The van der Waals surface area contributed by atoms with E-state index >= 15 is 0 Å². The summed E-state index contributed by atoms with van der Waals surface area (Å²) >= 11 is 0. The summed E-state index contributed by atoms with van der Waals surface area (Å²) in [4.78, 5) is 39.7. The molecule has 2 atom stereocenters. The van der Waals surface area contributed by atoms with Gasteiger partial charge in [0.1, 0.15) is 0 Å². The van der Waals surface area contributed by atoms with Crippen LogP contribution in [-0.4, -0.2) is 52.5 Å². The van der Waals surface area contributed by atoms with Crippen LogP contribution in [0.15, 0.2) is 49.2 Å². The molecule has 1 aliphatic heterocycles. The zero-order valence-electron chi connectivity index (χ0n) is 16.1. The van der Waals surface area contributed by atoms with Crippen LogP contribution < -0.4 is 10.2 Å². The monoisotopic (exact) mass is 381 g/mol. The standard InChI is InChI=1S/C20H23N5O3/c1-5-17(26)23(2)14-8-6-13(7-9-14)20(28)22-15-12-18(27)24(3)19(15)16-10-11-21-25(16)4/h5-11,15,19H,1,12H2,2-4H3,(H,22,28)/t15-,19-/m1/s1. The highest BCUT2D eigenvalue weighted by atomic mass is 16.2. The van der Waals surface area contributed by atoms with Gasteiger partial charge in [0.15, 0.2) is 0 Å². The van der Waals surface area contributed by atoms with E-state index in [1.165, 1.54) is 11.0 Å². The molecule has 0 bridgehead atoms. The molecule has 1 aromatic heterocycles. The lowest BCUT2D eigenvalue weighted by Crippen LogP contribution is -2.39. The van der Waals surface area contributed by atoms with Crippen molar-refractivity contribution in [2.24, 2.45) is 7.05 Å². The van der Waals surface area contributed by atoms with Gasteiger partial charge in [-0.3, -0.25) is 19.1 Å². The number of hydrogen-bond acceptors (Lipinski definition) is 4. The minimum Gasteiger partial charge on any atom is -0.346 e. The van der Waals surface area contributed by atoms with E-state index in [2.05, 4.69) is 17.0 Å². The Hall–Kier alpha value is -3.42. The van der Waals surface area contributed by atoms with E-state index < -0.39 is 0 Å². The smallest absolute Gasteiger partial charge is 0.251 e. The highest BCUT2D eigenvalue weighted by Crippen LogP contribution is 2.31. The predicted octanol–water partition coefficient (Wildman–Crippen LogP) is 1.27. The molecular formula is C20H23N5O3. The number of nitrogens with one attached hydrogen (secondary N) is 1. The fourth-order valence-corrected chi connectivity index (χ4v) is 3.43. The molecule has 1 N–H and O–H groups in total. The first-order valence-corrected chi connectivity index (χ1v) is 8.88. The molecule has 1 aliphatic rings. The predicted molar refractivity (Wildman–Crippen MR) is 105 cm³/mol. The first-order chi connectivity index (χ1) is 13.3. The van der Waals surface area contributed by atoms with Crippen molar-refractivity contribution in [1.82, 2.24) is 20.0 Å². The number of rotatable bonds is 5. The number of anilines is 1. The normalized spacial score (nSPS) is 18.8. The lowest BCUT2D eigenvalue weighted by molar-refractivity contribution is -0.127. The van der Waals surface area contributed by atoms with Gasteiger partial charge in [0.2, 0.25) is 11.8 Å². The van der Waals surface area contributed by atoms with Crippen molar-refractivity contribution >= 4 is 23.4 Å². The van der Waals surface area contributed by atoms with E-state index in [-0.39, 0.29) is 36.2 Å². The fourth-order valence-electron chi connectivity index (χ4n) is 3.43. The molecule has 0 aliphatic carbocycles. The summed E-state index contributed by atoms with van der Waals surface area (Å²) in [6.07, 6.45) is 3.13. The van der Waals surface area contributed by atoms with E-state index in [9.17, 15) is 14.4 Å². The molecule has 1 saturated heterocycles. The molecule has 8 nitrogen and oxygen atoms in total. The van der Waals surface area contributed by atoms with Crippen molar-refractivity contribution in [2.75, 3.05) is 19.0 Å². The van der Waals surface area contributed by atoms with Crippen LogP contribution in [0.5, 0.6) is 0 Å². The van der Waals surface area contributed by atoms with Gasteiger partial charge in [0.25, 0.3) is 5.91 Å². The van der Waals surface area contributed by atoms with Crippen LogP contribution in [-0.2, 0) is 16.6 Å². The number of likely N-dealkylation sites (tertiary alicyclic amines) is 1. The molecule has 1 aromatic carbocycles. The molecule has 0 radical (unpaired) electrons. The number of aromatic nitrogens is 2. The SMILES string of the molecule is C=CC(=O)N(C)c1ccc(C(=O)N[C@@H]2CC(=O)N(C)[C@H]2c2ccnn2C)cc1. The number of nitrogens with zero attached hydrogens (tertiary/aromatic N) is 4. The van der Waals surface area contributed by atoms with E-state index in [1.54, 1.807) is 54.1 Å². The van der Waals surface area contributed by atoms with Crippen molar-refractivity contribution in [3.8, 4) is 0 Å². The van der Waals surface area contributed by atoms with Gasteiger partial charge in [-0.2, -0.15) is 5.10 Å². The first kappa shape index (κ1) is 19.3. The molecule has 2 heterocycles. The number of benzene rings is 1. The average molecular weight is 381 g/mol. The van der Waals surface area contributed by atoms with E-state index in [0.29, 0.717) is 11.3 Å². The summed E-state index contributed by atoms with van der Waals surface area (Å²) in [6, 6.07) is 7.90. The summed E-state index contributed by atoms with van der Waals surface area (Å²) in [7, 11) is 5.18. The van der Waals surface area contributed by atoms with Gasteiger partial charge in [-0.15, -0.1) is 0 Å². The second-order valence-electron chi connectivity index (χ2n) is 6.76. The zero-order chi connectivity index (χ0) is 20.4. The summed E-state index contributed by atoms with van der Waals surface area (Å²) in [5.41, 5.74) is 1.97. The molecular weight excluding hydrogens is 358 g/mol. The van der Waals surface area contributed by atoms with Gasteiger partial charge in [0, 0.05) is 45.0 Å². The lowest BCUT2D eigenvalue weighted by Gasteiger charge is -2.25. The second-order valence-corrected chi connectivity index (χ2v) is 6.76. The van der Waals surface area contributed by atoms with E-state index in [4.69, 9.17) is 0 Å². The van der Waals surface area contributed by atoms with Gasteiger partial charge in [-0.1, -0.05) is 6.58 Å². The Labute approximate surface area is 163 Å². The molecule has 3 amide bonds. The number of carbonyl (C=O) groups is 3. The van der Waals surface area contributed by atoms with Crippen molar-refractivity contribution in [2.45, 2.75) is 18.5 Å². The van der Waals surface area contributed by atoms with Gasteiger partial charge >= 0.3 is 0 Å². The zero-order valence-corrected chi connectivity index (χ0v) is 16.1. The Bertz CT molecular complexity index is 918. The summed E-state index contributed by atoms with van der Waals surface area (Å²) in [6.45, 7) is 3.46. The first-order valence-electron chi connectivity index (χ1n) is 8.88. The van der Waals surface area contributed by atoms with Gasteiger partial charge in [-0.05, 0) is 36.4 Å². The van der Waals surface area contributed by atoms with Crippen LogP contribution in [0, 0.1) is 0 Å². The van der Waals surface area contributed by atoms with Crippen molar-refractivity contribution in [1.29, 1.82) is 0 Å². The number of aryl methyl sites for hydroxylation is 1. The number of hydrogen-bond donors (Lipinski definition) is 1. The third kappa shape index (κ3) is 3.53. The van der Waals surface area contributed by atoms with Crippen LogP contribution in [0.2, 0.25) is 0 Å². The van der Waals surface area contributed by atoms with Gasteiger partial charge < -0.3 is 15.1 Å². The number of carbonyl (C=O) groups excluding carboxylic acids is 3. The molecule has 2 aromatic rings. The Balaban J connectivity index is 1.76. The van der Waals surface area contributed by atoms with Crippen LogP contribution in [0.25, 0.3) is 0 Å². The maximum atomic E-state index is 12.7. The molecule has 0 spiro atoms. The fraction of sp³-hybridized carbons (Fsp3) is 0.300. The van der Waals surface area contributed by atoms with Crippen LogP contribution in [0.1, 0.15) is 28.5 Å². The van der Waals surface area contributed by atoms with Gasteiger partial charge in [0.05, 0.1) is 17.8 Å². The average Bonchev–Trinajstić information content (AvgIpc) is 3.23. The molecule has 0 unspecified atom stereocenters. The van der Waals surface area contributed by atoms with Crippen molar-refractivity contribution in [3.63, 3.8) is 0 Å². The number of amides is 3. The highest BCUT2D eigenvalue weighted by molar-refractivity contribution is 6.01. The maximum Gasteiger partial charge on any atom is 0.251 e. The Kier molecular flexibility index (Phi) is 5.30. The third-order valence-electron chi connectivity index (χ3n) is 5.09. The Morgan fingerprint density at radius 2 is 1.93 bits per heavy atom. The largest absolute Gasteiger partial charge is 0.346 e. The minimum atomic E-state index is -0.356. The highest BCUT2D eigenvalue weighted by Gasteiger charge is 2.40. The lowest BCUT2D eigenvalue weighted by atomic mass is 10.0. The van der Waals surface area contributed by atoms with Crippen LogP contribution in [0.3, 0.4) is 0 Å². The summed E-state index contributed by atoms with van der Waals surface area (Å²) < 4.78 is 1.71. The molecule has 146 valence electrons. The van der Waals surface area contributed by atoms with Gasteiger partial charge in [-0.25, -0.2) is 0 Å². The maximum absolute atomic E-state index is 12.7. The Morgan fingerprint density at radius 1 is 1.25 bits per heavy atom. The summed E-state index contributed by atoms with van der Waals surface area (Å²) in [5.74, 6) is -0.537. The van der Waals surface area contributed by atoms with Crippen LogP contribution in [0.4, 0.5) is 5.69 Å². The molecule has 8 heteroatoms. The quantitative estimate of drug-likeness (QED) is 0.790. The second kappa shape index (κ2) is 7.67. The Morgan fingerprint density at radius 3 is 2.50 bits per heavy atom. The third-order valence-corrected chi connectivity index (χ3v) is 5.09. The molecule has 28 heavy (non-hydrogen) atoms. The number of likely N-dealkylation sites (N-methyl/N-ethyl adjacent to an activating group) is 2. The van der Waals surface area contributed by atoms with Crippen molar-refractivity contribution in [3.05, 3.63) is 60.4 Å². The van der Waals surface area contributed by atoms with E-state index in [0.717, 1.165) is 5.69 Å². The van der Waals surface area contributed by atoms with Crippen LogP contribution >= 0.6 is 0 Å².